The highest BCUT2D eigenvalue weighted by Crippen LogP contribution is 2.15. The highest BCUT2D eigenvalue weighted by atomic mass is 32.2. The molecule has 2 rings (SSSR count). The molecule has 0 bridgehead atoms. The number of hydrogen-bond acceptors (Lipinski definition) is 2. The van der Waals surface area contributed by atoms with Crippen molar-refractivity contribution < 1.29 is 8.42 Å². The Hall–Kier alpha value is -1.59. The molecule has 5 heteroatoms. The van der Waals surface area contributed by atoms with Gasteiger partial charge in [-0.05, 0) is 38.5 Å². The first-order valence-corrected chi connectivity index (χ1v) is 9.28. The van der Waals surface area contributed by atoms with Gasteiger partial charge in [-0.15, -0.1) is 0 Å². The maximum atomic E-state index is 11.9. The Morgan fingerprint density at radius 3 is 2.50 bits per heavy atom. The van der Waals surface area contributed by atoms with E-state index in [1.165, 1.54) is 21.7 Å². The molecule has 1 heterocycles. The summed E-state index contributed by atoms with van der Waals surface area (Å²) >= 11 is 0. The Bertz CT molecular complexity index is 733. The van der Waals surface area contributed by atoms with Crippen LogP contribution >= 0.6 is 0 Å². The molecule has 0 spiro atoms. The number of rotatable bonds is 6. The standard InChI is InChI=1S/C17H24N2O2S/c1-14(2)19(22(4,20)21)13-17-9-6-10-18(17)12-16-8-5-7-15(3)11-16/h5-11,14H,12-13H2,1-4H3. The second kappa shape index (κ2) is 6.67. The summed E-state index contributed by atoms with van der Waals surface area (Å²) in [6.07, 6.45) is 3.26. The highest BCUT2D eigenvalue weighted by Gasteiger charge is 2.21. The molecule has 1 aromatic heterocycles. The van der Waals surface area contributed by atoms with E-state index in [0.29, 0.717) is 6.54 Å². The summed E-state index contributed by atoms with van der Waals surface area (Å²) in [6.45, 7) is 7.02. The number of hydrogen-bond donors (Lipinski definition) is 0. The Kier molecular flexibility index (Phi) is 5.08. The fourth-order valence-electron chi connectivity index (χ4n) is 2.60. The van der Waals surface area contributed by atoms with Gasteiger partial charge in [0, 0.05) is 24.5 Å². The smallest absolute Gasteiger partial charge is 0.211 e. The van der Waals surface area contributed by atoms with Crippen molar-refractivity contribution in [3.05, 3.63) is 59.4 Å². The van der Waals surface area contributed by atoms with E-state index in [2.05, 4.69) is 29.7 Å². The summed E-state index contributed by atoms with van der Waals surface area (Å²) in [4.78, 5) is 0. The van der Waals surface area contributed by atoms with Crippen LogP contribution in [0.1, 0.15) is 30.7 Å². The van der Waals surface area contributed by atoms with Crippen LogP contribution in [0.15, 0.2) is 42.6 Å². The maximum absolute atomic E-state index is 11.9. The van der Waals surface area contributed by atoms with E-state index >= 15 is 0 Å². The van der Waals surface area contributed by atoms with Crippen LogP contribution in [0.5, 0.6) is 0 Å². The first kappa shape index (κ1) is 16.8. The third-order valence-corrected chi connectivity index (χ3v) is 5.08. The molecule has 0 radical (unpaired) electrons. The average molecular weight is 320 g/mol. The van der Waals surface area contributed by atoms with Crippen LogP contribution in [0.25, 0.3) is 0 Å². The zero-order chi connectivity index (χ0) is 16.3. The van der Waals surface area contributed by atoms with E-state index in [9.17, 15) is 8.42 Å². The summed E-state index contributed by atoms with van der Waals surface area (Å²) < 4.78 is 27.5. The molecule has 1 aromatic carbocycles. The fourth-order valence-corrected chi connectivity index (χ4v) is 3.73. The van der Waals surface area contributed by atoms with Crippen molar-refractivity contribution in [2.45, 2.75) is 39.9 Å². The van der Waals surface area contributed by atoms with Crippen LogP contribution in [0.2, 0.25) is 0 Å². The fraction of sp³-hybridized carbons (Fsp3) is 0.412. The predicted molar refractivity (Wildman–Crippen MR) is 90.2 cm³/mol. The van der Waals surface area contributed by atoms with Gasteiger partial charge in [0.2, 0.25) is 10.0 Å². The van der Waals surface area contributed by atoms with E-state index in [-0.39, 0.29) is 6.04 Å². The number of nitrogens with zero attached hydrogens (tertiary/aromatic N) is 2. The molecule has 0 aliphatic rings. The van der Waals surface area contributed by atoms with Gasteiger partial charge in [0.15, 0.2) is 0 Å². The molecule has 0 aliphatic carbocycles. The van der Waals surface area contributed by atoms with Gasteiger partial charge in [-0.1, -0.05) is 29.8 Å². The minimum absolute atomic E-state index is 0.0580. The van der Waals surface area contributed by atoms with Crippen LogP contribution in [0.3, 0.4) is 0 Å². The van der Waals surface area contributed by atoms with Gasteiger partial charge in [-0.25, -0.2) is 8.42 Å². The summed E-state index contributed by atoms with van der Waals surface area (Å²) in [5.41, 5.74) is 3.44. The van der Waals surface area contributed by atoms with E-state index in [0.717, 1.165) is 12.2 Å². The molecule has 120 valence electrons. The molecule has 2 aromatic rings. The van der Waals surface area contributed by atoms with Crippen LogP contribution in [0, 0.1) is 6.92 Å². The molecule has 0 amide bonds. The van der Waals surface area contributed by atoms with Gasteiger partial charge in [0.1, 0.15) is 0 Å². The molecule has 0 unspecified atom stereocenters. The molecule has 4 nitrogen and oxygen atoms in total. The van der Waals surface area contributed by atoms with Crippen molar-refractivity contribution in [3.8, 4) is 0 Å². The Labute approximate surface area is 133 Å². The Morgan fingerprint density at radius 1 is 1.18 bits per heavy atom. The molecule has 0 N–H and O–H groups in total. The highest BCUT2D eigenvalue weighted by molar-refractivity contribution is 7.88. The Morgan fingerprint density at radius 2 is 1.91 bits per heavy atom. The summed E-state index contributed by atoms with van der Waals surface area (Å²) in [6, 6.07) is 12.3. The van der Waals surface area contributed by atoms with Crippen LogP contribution in [-0.4, -0.2) is 29.6 Å². The molecule has 0 atom stereocenters. The molecule has 0 fully saturated rings. The van der Waals surface area contributed by atoms with Crippen LogP contribution in [0.4, 0.5) is 0 Å². The van der Waals surface area contributed by atoms with Crippen molar-refractivity contribution in [1.29, 1.82) is 0 Å². The lowest BCUT2D eigenvalue weighted by molar-refractivity contribution is 0.343. The SMILES string of the molecule is Cc1cccc(Cn2cccc2CN(C(C)C)S(C)(=O)=O)c1. The van der Waals surface area contributed by atoms with Gasteiger partial charge in [0.25, 0.3) is 0 Å². The zero-order valence-electron chi connectivity index (χ0n) is 13.7. The van der Waals surface area contributed by atoms with Gasteiger partial charge in [-0.2, -0.15) is 4.31 Å². The van der Waals surface area contributed by atoms with Crippen LogP contribution in [-0.2, 0) is 23.1 Å². The molecule has 0 saturated carbocycles. The van der Waals surface area contributed by atoms with Gasteiger partial charge >= 0.3 is 0 Å². The topological polar surface area (TPSA) is 42.3 Å². The minimum Gasteiger partial charge on any atom is -0.346 e. The number of aromatic nitrogens is 1. The lowest BCUT2D eigenvalue weighted by Gasteiger charge is -2.24. The normalized spacial score (nSPS) is 12.3. The van der Waals surface area contributed by atoms with Gasteiger partial charge in [-0.3, -0.25) is 0 Å². The summed E-state index contributed by atoms with van der Waals surface area (Å²) in [7, 11) is -3.22. The van der Waals surface area contributed by atoms with Crippen molar-refractivity contribution >= 4 is 10.0 Å². The van der Waals surface area contributed by atoms with E-state index in [1.54, 1.807) is 0 Å². The van der Waals surface area contributed by atoms with Gasteiger partial charge < -0.3 is 4.57 Å². The van der Waals surface area contributed by atoms with Crippen molar-refractivity contribution in [2.24, 2.45) is 0 Å². The maximum Gasteiger partial charge on any atom is 0.211 e. The number of benzene rings is 1. The van der Waals surface area contributed by atoms with Gasteiger partial charge in [0.05, 0.1) is 12.8 Å². The molecule has 0 saturated heterocycles. The molecular formula is C17H24N2O2S. The first-order valence-electron chi connectivity index (χ1n) is 7.44. The quantitative estimate of drug-likeness (QED) is 0.821. The third kappa shape index (κ3) is 4.21. The van der Waals surface area contributed by atoms with E-state index in [1.807, 2.05) is 38.2 Å². The lowest BCUT2D eigenvalue weighted by Crippen LogP contribution is -2.36. The van der Waals surface area contributed by atoms with Crippen LogP contribution < -0.4 is 0 Å². The molecular weight excluding hydrogens is 296 g/mol. The summed E-state index contributed by atoms with van der Waals surface area (Å²) in [5.74, 6) is 0. The lowest BCUT2D eigenvalue weighted by atomic mass is 10.1. The zero-order valence-corrected chi connectivity index (χ0v) is 14.5. The van der Waals surface area contributed by atoms with E-state index in [4.69, 9.17) is 0 Å². The second-order valence-electron chi connectivity index (χ2n) is 6.02. The second-order valence-corrected chi connectivity index (χ2v) is 7.95. The monoisotopic (exact) mass is 320 g/mol. The van der Waals surface area contributed by atoms with Crippen molar-refractivity contribution in [2.75, 3.05) is 6.26 Å². The van der Waals surface area contributed by atoms with E-state index < -0.39 is 10.0 Å². The number of aryl methyl sites for hydroxylation is 1. The number of sulfonamides is 1. The largest absolute Gasteiger partial charge is 0.346 e. The van der Waals surface area contributed by atoms with Crippen molar-refractivity contribution in [3.63, 3.8) is 0 Å². The summed E-state index contributed by atoms with van der Waals surface area (Å²) in [5, 5.41) is 0. The minimum atomic E-state index is -3.22. The van der Waals surface area contributed by atoms with Crippen molar-refractivity contribution in [1.82, 2.24) is 8.87 Å². The third-order valence-electron chi connectivity index (χ3n) is 3.68. The Balaban J connectivity index is 2.22. The molecule has 22 heavy (non-hydrogen) atoms. The molecule has 0 aliphatic heterocycles. The average Bonchev–Trinajstić information content (AvgIpc) is 2.81. The predicted octanol–water partition coefficient (Wildman–Crippen LogP) is 3.01. The first-order chi connectivity index (χ1) is 10.3.